The van der Waals surface area contributed by atoms with Crippen LogP contribution in [0.3, 0.4) is 0 Å². The monoisotopic (exact) mass is 443 g/mol. The van der Waals surface area contributed by atoms with Gasteiger partial charge in [-0.15, -0.1) is 0 Å². The second-order valence-corrected chi connectivity index (χ2v) is 10.1. The molecule has 7 heteroatoms. The number of hydrogen-bond donors (Lipinski definition) is 1. The first-order valence-corrected chi connectivity index (χ1v) is 12.0. The first-order chi connectivity index (χ1) is 15.4. The average molecular weight is 444 g/mol. The molecule has 3 aliphatic rings. The van der Waals surface area contributed by atoms with E-state index in [4.69, 9.17) is 9.47 Å². The Morgan fingerprint density at radius 2 is 1.88 bits per heavy atom. The summed E-state index contributed by atoms with van der Waals surface area (Å²) in [4.78, 5) is 29.6. The molecule has 32 heavy (non-hydrogen) atoms. The van der Waals surface area contributed by atoms with Crippen LogP contribution in [-0.4, -0.2) is 61.6 Å². The highest BCUT2D eigenvalue weighted by atomic mass is 16.7. The Morgan fingerprint density at radius 1 is 1.16 bits per heavy atom. The van der Waals surface area contributed by atoms with Gasteiger partial charge in [0.1, 0.15) is 0 Å². The van der Waals surface area contributed by atoms with Crippen LogP contribution in [0.4, 0.5) is 0 Å². The van der Waals surface area contributed by atoms with Crippen LogP contribution in [0.25, 0.3) is 0 Å². The number of carbonyl (C=O) groups is 2. The van der Waals surface area contributed by atoms with Gasteiger partial charge < -0.3 is 24.6 Å². The molecule has 0 aromatic heterocycles. The minimum Gasteiger partial charge on any atom is -0.454 e. The summed E-state index contributed by atoms with van der Waals surface area (Å²) in [6.07, 6.45) is 3.86. The zero-order chi connectivity index (χ0) is 22.7. The lowest BCUT2D eigenvalue weighted by Gasteiger charge is -2.22. The largest absolute Gasteiger partial charge is 0.454 e. The third-order valence-electron chi connectivity index (χ3n) is 6.92. The normalized spacial score (nSPS) is 24.6. The molecule has 0 spiro atoms. The number of amides is 2. The Bertz CT molecular complexity index is 841. The molecule has 0 aliphatic carbocycles. The van der Waals surface area contributed by atoms with Crippen molar-refractivity contribution in [1.82, 2.24) is 15.1 Å². The third-order valence-corrected chi connectivity index (χ3v) is 6.92. The number of nitrogens with zero attached hydrogens (tertiary/aromatic N) is 2. The smallest absolute Gasteiger partial charge is 0.231 e. The Labute approximate surface area is 191 Å². The third kappa shape index (κ3) is 5.55. The van der Waals surface area contributed by atoms with E-state index in [1.165, 1.54) is 11.1 Å². The number of hydrogen-bond acceptors (Lipinski definition) is 5. The highest BCUT2D eigenvalue weighted by Crippen LogP contribution is 2.37. The van der Waals surface area contributed by atoms with Crippen molar-refractivity contribution < 1.29 is 19.1 Å². The van der Waals surface area contributed by atoms with Gasteiger partial charge in [-0.1, -0.05) is 13.8 Å². The van der Waals surface area contributed by atoms with Crippen LogP contribution in [0.2, 0.25) is 0 Å². The van der Waals surface area contributed by atoms with Crippen LogP contribution in [0.15, 0.2) is 12.1 Å². The summed E-state index contributed by atoms with van der Waals surface area (Å²) in [5.74, 6) is 2.87. The summed E-state index contributed by atoms with van der Waals surface area (Å²) in [7, 11) is 2.12. The topological polar surface area (TPSA) is 71.1 Å². The van der Waals surface area contributed by atoms with E-state index in [-0.39, 0.29) is 24.5 Å². The molecule has 4 rings (SSSR count). The predicted molar refractivity (Wildman–Crippen MR) is 122 cm³/mol. The van der Waals surface area contributed by atoms with Crippen LogP contribution in [-0.2, 0) is 22.6 Å². The van der Waals surface area contributed by atoms with Crippen molar-refractivity contribution in [3.8, 4) is 11.5 Å². The molecule has 3 heterocycles. The lowest BCUT2D eigenvalue weighted by Crippen LogP contribution is -2.32. The minimum atomic E-state index is 0.113. The van der Waals surface area contributed by atoms with Crippen molar-refractivity contribution in [2.75, 3.05) is 40.0 Å². The van der Waals surface area contributed by atoms with E-state index in [1.54, 1.807) is 0 Å². The van der Waals surface area contributed by atoms with Gasteiger partial charge in [-0.3, -0.25) is 9.59 Å². The Hall–Kier alpha value is -2.28. The molecule has 1 N–H and O–H groups in total. The van der Waals surface area contributed by atoms with Gasteiger partial charge in [-0.25, -0.2) is 0 Å². The van der Waals surface area contributed by atoms with Crippen LogP contribution < -0.4 is 14.8 Å². The molecule has 7 nitrogen and oxygen atoms in total. The summed E-state index contributed by atoms with van der Waals surface area (Å²) < 4.78 is 11.3. The van der Waals surface area contributed by atoms with Crippen molar-refractivity contribution in [1.29, 1.82) is 0 Å². The van der Waals surface area contributed by atoms with Crippen LogP contribution in [0.1, 0.15) is 50.7 Å². The van der Waals surface area contributed by atoms with E-state index < -0.39 is 0 Å². The Balaban J connectivity index is 1.55. The van der Waals surface area contributed by atoms with Crippen molar-refractivity contribution in [2.45, 2.75) is 52.5 Å². The molecule has 3 aliphatic heterocycles. The SMILES string of the molecule is CC(C)CC(=O)N1C[C@H]2CCc3cc4c(cc3CN(C)CCCNC(=O)C[C@H]2C1)OCO4. The predicted octanol–water partition coefficient (Wildman–Crippen LogP) is 2.81. The van der Waals surface area contributed by atoms with E-state index in [2.05, 4.69) is 43.2 Å². The van der Waals surface area contributed by atoms with Gasteiger partial charge in [0.2, 0.25) is 18.6 Å². The molecule has 176 valence electrons. The fourth-order valence-corrected chi connectivity index (χ4v) is 5.18. The molecule has 1 aromatic carbocycles. The van der Waals surface area contributed by atoms with Crippen LogP contribution in [0, 0.1) is 17.8 Å². The summed E-state index contributed by atoms with van der Waals surface area (Å²) in [6, 6.07) is 4.27. The number of benzene rings is 1. The van der Waals surface area contributed by atoms with Gasteiger partial charge in [0, 0.05) is 39.0 Å². The van der Waals surface area contributed by atoms with Gasteiger partial charge >= 0.3 is 0 Å². The van der Waals surface area contributed by atoms with E-state index in [0.717, 1.165) is 50.4 Å². The standard InChI is InChI=1S/C25H37N3O4/c1-17(2)9-25(30)28-14-19-6-5-18-10-22-23(32-16-31-22)11-20(18)13-27(3)8-4-7-26-24(29)12-21(19)15-28/h10-11,17,19,21H,4-9,12-16H2,1-3H3,(H,26,29)/t19-,21+/m1/s1. The second kappa shape index (κ2) is 10.1. The zero-order valence-corrected chi connectivity index (χ0v) is 19.7. The zero-order valence-electron chi connectivity index (χ0n) is 19.7. The molecular formula is C25H37N3O4. The highest BCUT2D eigenvalue weighted by Gasteiger charge is 2.36. The van der Waals surface area contributed by atoms with Crippen molar-refractivity contribution in [3.05, 3.63) is 23.3 Å². The van der Waals surface area contributed by atoms with Gasteiger partial charge in [0.25, 0.3) is 0 Å². The van der Waals surface area contributed by atoms with E-state index in [1.807, 2.05) is 4.90 Å². The molecule has 2 amide bonds. The van der Waals surface area contributed by atoms with Crippen molar-refractivity contribution >= 4 is 11.8 Å². The number of likely N-dealkylation sites (tertiary alicyclic amines) is 1. The average Bonchev–Trinajstić information content (AvgIpc) is 3.35. The first-order valence-electron chi connectivity index (χ1n) is 12.0. The number of carbonyl (C=O) groups excluding carboxylic acids is 2. The first kappa shape index (κ1) is 22.9. The summed E-state index contributed by atoms with van der Waals surface area (Å²) in [5, 5.41) is 3.09. The number of fused-ring (bicyclic) bond motifs is 3. The maximum absolute atomic E-state index is 12.7. The molecule has 2 atom stereocenters. The molecule has 0 saturated carbocycles. The molecule has 1 fully saturated rings. The van der Waals surface area contributed by atoms with Crippen LogP contribution >= 0.6 is 0 Å². The lowest BCUT2D eigenvalue weighted by atomic mass is 9.86. The molecule has 0 unspecified atom stereocenters. The van der Waals surface area contributed by atoms with Gasteiger partial charge in [-0.05, 0) is 73.9 Å². The number of rotatable bonds is 2. The lowest BCUT2D eigenvalue weighted by molar-refractivity contribution is -0.131. The summed E-state index contributed by atoms with van der Waals surface area (Å²) >= 11 is 0. The van der Waals surface area contributed by atoms with E-state index in [0.29, 0.717) is 37.8 Å². The minimum absolute atomic E-state index is 0.113. The van der Waals surface area contributed by atoms with Gasteiger partial charge in [0.15, 0.2) is 11.5 Å². The van der Waals surface area contributed by atoms with E-state index in [9.17, 15) is 9.59 Å². The number of nitrogens with one attached hydrogen (secondary N) is 1. The second-order valence-electron chi connectivity index (χ2n) is 10.1. The number of aryl methyl sites for hydroxylation is 1. The molecular weight excluding hydrogens is 406 g/mol. The summed E-state index contributed by atoms with van der Waals surface area (Å²) in [5.41, 5.74) is 2.56. The Morgan fingerprint density at radius 3 is 2.62 bits per heavy atom. The quantitative estimate of drug-likeness (QED) is 0.761. The van der Waals surface area contributed by atoms with Crippen LogP contribution in [0.5, 0.6) is 11.5 Å². The van der Waals surface area contributed by atoms with Crippen molar-refractivity contribution in [2.24, 2.45) is 17.8 Å². The maximum Gasteiger partial charge on any atom is 0.231 e. The highest BCUT2D eigenvalue weighted by molar-refractivity contribution is 5.78. The van der Waals surface area contributed by atoms with Crippen molar-refractivity contribution in [3.63, 3.8) is 0 Å². The van der Waals surface area contributed by atoms with Gasteiger partial charge in [0.05, 0.1) is 0 Å². The maximum atomic E-state index is 12.7. The van der Waals surface area contributed by atoms with E-state index >= 15 is 0 Å². The molecule has 0 radical (unpaired) electrons. The Kier molecular flexibility index (Phi) is 7.23. The fourth-order valence-electron chi connectivity index (χ4n) is 5.18. The molecule has 1 saturated heterocycles. The number of ether oxygens (including phenoxy) is 2. The van der Waals surface area contributed by atoms with Gasteiger partial charge in [-0.2, -0.15) is 0 Å². The molecule has 0 bridgehead atoms. The summed E-state index contributed by atoms with van der Waals surface area (Å²) in [6.45, 7) is 8.32. The fraction of sp³-hybridized carbons (Fsp3) is 0.680. The molecule has 1 aromatic rings.